The van der Waals surface area contributed by atoms with Crippen molar-refractivity contribution < 1.29 is 24.1 Å². The van der Waals surface area contributed by atoms with Gasteiger partial charge < -0.3 is 14.8 Å². The van der Waals surface area contributed by atoms with Crippen LogP contribution in [0.2, 0.25) is 0 Å². The number of carbonyl (C=O) groups excluding carboxylic acids is 1. The lowest BCUT2D eigenvalue weighted by molar-refractivity contribution is -0.118. The highest BCUT2D eigenvalue weighted by Crippen LogP contribution is 2.51. The number of sulfonamides is 1. The Morgan fingerprint density at radius 3 is 2.45 bits per heavy atom. The van der Waals surface area contributed by atoms with Gasteiger partial charge in [0.15, 0.2) is 11.5 Å². The maximum absolute atomic E-state index is 13.1. The Kier molecular flexibility index (Phi) is 5.10. The molecule has 2 N–H and O–H groups in total. The maximum atomic E-state index is 13.1. The summed E-state index contributed by atoms with van der Waals surface area (Å²) in [6.45, 7) is 2.12. The number of aryl methyl sites for hydroxylation is 1. The van der Waals surface area contributed by atoms with Gasteiger partial charge in [-0.2, -0.15) is 0 Å². The van der Waals surface area contributed by atoms with Crippen LogP contribution in [0.15, 0.2) is 59.6 Å². The van der Waals surface area contributed by atoms with E-state index in [9.17, 15) is 13.2 Å². The van der Waals surface area contributed by atoms with Crippen LogP contribution in [0.25, 0.3) is 11.1 Å². The minimum atomic E-state index is -3.49. The molecule has 1 aromatic heterocycles. The highest BCUT2D eigenvalue weighted by Gasteiger charge is 2.51. The lowest BCUT2D eigenvalue weighted by Gasteiger charge is -2.17. The van der Waals surface area contributed by atoms with E-state index >= 15 is 0 Å². The Bertz CT molecular complexity index is 1360. The molecule has 0 unspecified atom stereocenters. The number of aromatic nitrogens is 1. The van der Waals surface area contributed by atoms with E-state index in [0.717, 1.165) is 35.1 Å². The largest absolute Gasteiger partial charge is 0.454 e. The number of amides is 1. The van der Waals surface area contributed by atoms with Crippen LogP contribution in [0.5, 0.6) is 11.5 Å². The summed E-state index contributed by atoms with van der Waals surface area (Å²) < 4.78 is 37.0. The number of nitrogens with one attached hydrogen (secondary N) is 2. The topological polar surface area (TPSA) is 107 Å². The lowest BCUT2D eigenvalue weighted by Crippen LogP contribution is -2.28. The number of anilines is 1. The first-order chi connectivity index (χ1) is 15.8. The summed E-state index contributed by atoms with van der Waals surface area (Å²) in [5.74, 6) is 1.74. The normalized spacial score (nSPS) is 15.8. The average Bonchev–Trinajstić information content (AvgIpc) is 3.50. The molecule has 2 aromatic carbocycles. The zero-order chi connectivity index (χ0) is 23.2. The van der Waals surface area contributed by atoms with Gasteiger partial charge in [-0.15, -0.1) is 0 Å². The minimum Gasteiger partial charge on any atom is -0.454 e. The van der Waals surface area contributed by atoms with Crippen LogP contribution in [-0.2, 0) is 20.2 Å². The molecule has 0 bridgehead atoms. The number of rotatable bonds is 6. The monoisotopic (exact) mass is 467 g/mol. The van der Waals surface area contributed by atoms with E-state index in [4.69, 9.17) is 9.47 Å². The second-order valence-corrected chi connectivity index (χ2v) is 10.1. The van der Waals surface area contributed by atoms with Gasteiger partial charge in [-0.3, -0.25) is 4.79 Å². The van der Waals surface area contributed by atoms with Crippen LogP contribution in [0, 0.1) is 6.92 Å². The molecule has 0 saturated heterocycles. The van der Waals surface area contributed by atoms with E-state index in [-0.39, 0.29) is 19.0 Å². The summed E-state index contributed by atoms with van der Waals surface area (Å²) >= 11 is 0. The van der Waals surface area contributed by atoms with Crippen LogP contribution >= 0.6 is 0 Å². The highest BCUT2D eigenvalue weighted by molar-refractivity contribution is 7.89. The van der Waals surface area contributed by atoms with E-state index < -0.39 is 15.4 Å². The van der Waals surface area contributed by atoms with Crippen molar-refractivity contribution >= 4 is 21.7 Å². The van der Waals surface area contributed by atoms with Crippen molar-refractivity contribution in [1.82, 2.24) is 9.71 Å². The van der Waals surface area contributed by atoms with Crippen LogP contribution in [0.3, 0.4) is 0 Å². The molecule has 9 heteroatoms. The number of benzene rings is 2. The lowest BCUT2D eigenvalue weighted by atomic mass is 9.94. The highest BCUT2D eigenvalue weighted by atomic mass is 32.2. The third kappa shape index (κ3) is 3.83. The average molecular weight is 468 g/mol. The van der Waals surface area contributed by atoms with E-state index in [2.05, 4.69) is 15.0 Å². The molecule has 0 spiro atoms. The zero-order valence-corrected chi connectivity index (χ0v) is 19.0. The summed E-state index contributed by atoms with van der Waals surface area (Å²) in [5, 5.41) is 2.96. The maximum Gasteiger partial charge on any atom is 0.240 e. The Hall–Kier alpha value is -3.43. The fourth-order valence-corrected chi connectivity index (χ4v) is 4.79. The Balaban J connectivity index is 0.00000274. The first-order valence-electron chi connectivity index (χ1n) is 10.5. The van der Waals surface area contributed by atoms with Gasteiger partial charge in [0.2, 0.25) is 22.7 Å². The van der Waals surface area contributed by atoms with Crippen molar-refractivity contribution in [3.8, 4) is 22.6 Å². The van der Waals surface area contributed by atoms with Crippen molar-refractivity contribution in [3.63, 3.8) is 0 Å². The number of carbonyl (C=O) groups is 1. The van der Waals surface area contributed by atoms with E-state index in [1.807, 2.05) is 31.2 Å². The molecule has 2 heterocycles. The molecule has 33 heavy (non-hydrogen) atoms. The third-order valence-corrected chi connectivity index (χ3v) is 7.64. The summed E-state index contributed by atoms with van der Waals surface area (Å²) in [5.41, 5.74) is 2.95. The molecule has 1 saturated carbocycles. The summed E-state index contributed by atoms with van der Waals surface area (Å²) in [6, 6.07) is 14.1. The quantitative estimate of drug-likeness (QED) is 0.574. The number of hydrogen-bond acceptors (Lipinski definition) is 6. The van der Waals surface area contributed by atoms with Gasteiger partial charge in [0, 0.05) is 13.2 Å². The van der Waals surface area contributed by atoms with Crippen LogP contribution < -0.4 is 19.5 Å². The fourth-order valence-electron chi connectivity index (χ4n) is 4.06. The molecule has 1 aliphatic heterocycles. The summed E-state index contributed by atoms with van der Waals surface area (Å²) in [6.07, 6.45) is 3.21. The number of hydrogen-bond donors (Lipinski definition) is 2. The molecule has 3 aromatic rings. The van der Waals surface area contributed by atoms with Gasteiger partial charge in [-0.1, -0.05) is 18.2 Å². The van der Waals surface area contributed by atoms with Crippen molar-refractivity contribution in [2.75, 3.05) is 19.2 Å². The molecule has 5 rings (SSSR count). The van der Waals surface area contributed by atoms with Gasteiger partial charge in [0.05, 0.1) is 10.3 Å². The predicted octanol–water partition coefficient (Wildman–Crippen LogP) is 3.61. The van der Waals surface area contributed by atoms with E-state index in [0.29, 0.717) is 17.3 Å². The Morgan fingerprint density at radius 1 is 1.06 bits per heavy atom. The van der Waals surface area contributed by atoms with Crippen LogP contribution in [0.4, 0.5) is 5.82 Å². The first-order valence-corrected chi connectivity index (χ1v) is 12.0. The number of fused-ring (bicyclic) bond motifs is 1. The second kappa shape index (κ2) is 7.86. The SMILES string of the molecule is CNS(=O)(=O)c1ccc(-c2cnc(NC(=O)C3(c4ccc5c(c4)OCO5)CC3)cc2C)cc1.[HH]. The van der Waals surface area contributed by atoms with E-state index in [1.54, 1.807) is 30.5 Å². The Labute approximate surface area is 193 Å². The van der Waals surface area contributed by atoms with Gasteiger partial charge in [-0.25, -0.2) is 18.1 Å². The standard InChI is InChI=1S/C24H23N3O5S.H2/c1-15-11-22(26-13-19(15)16-3-6-18(7-4-16)33(29,30)25-2)27-23(28)24(9-10-24)17-5-8-20-21(12-17)32-14-31-20;/h3-8,11-13,25H,9-10,14H2,1-2H3,(H,26,27,28);1H. The molecular weight excluding hydrogens is 442 g/mol. The van der Waals surface area contributed by atoms with Crippen molar-refractivity contribution in [1.29, 1.82) is 0 Å². The second-order valence-electron chi connectivity index (χ2n) is 8.22. The zero-order valence-electron chi connectivity index (χ0n) is 18.2. The molecule has 1 fully saturated rings. The van der Waals surface area contributed by atoms with Gasteiger partial charge >= 0.3 is 0 Å². The van der Waals surface area contributed by atoms with Crippen molar-refractivity contribution in [2.45, 2.75) is 30.1 Å². The molecular formula is C24H25N3O5S. The van der Waals surface area contributed by atoms with Gasteiger partial charge in [0.1, 0.15) is 5.82 Å². The molecule has 172 valence electrons. The molecule has 8 nitrogen and oxygen atoms in total. The molecule has 0 radical (unpaired) electrons. The number of pyridine rings is 1. The summed E-state index contributed by atoms with van der Waals surface area (Å²) in [7, 11) is -2.11. The fraction of sp³-hybridized carbons (Fsp3) is 0.250. The first kappa shape index (κ1) is 21.4. The smallest absolute Gasteiger partial charge is 0.240 e. The number of nitrogens with zero attached hydrogens (tertiary/aromatic N) is 1. The van der Waals surface area contributed by atoms with Gasteiger partial charge in [-0.05, 0) is 73.8 Å². The van der Waals surface area contributed by atoms with E-state index in [1.165, 1.54) is 7.05 Å². The van der Waals surface area contributed by atoms with Crippen molar-refractivity contribution in [2.24, 2.45) is 0 Å². The summed E-state index contributed by atoms with van der Waals surface area (Å²) in [4.78, 5) is 17.8. The Morgan fingerprint density at radius 2 is 1.79 bits per heavy atom. The molecule has 1 aliphatic carbocycles. The predicted molar refractivity (Wildman–Crippen MR) is 125 cm³/mol. The van der Waals surface area contributed by atoms with Crippen LogP contribution in [0.1, 0.15) is 25.4 Å². The molecule has 1 amide bonds. The van der Waals surface area contributed by atoms with Crippen molar-refractivity contribution in [3.05, 3.63) is 65.9 Å². The molecule has 0 atom stereocenters. The third-order valence-electron chi connectivity index (χ3n) is 6.21. The van der Waals surface area contributed by atoms with Gasteiger partial charge in [0.25, 0.3) is 0 Å². The van der Waals surface area contributed by atoms with Crippen LogP contribution in [-0.4, -0.2) is 33.1 Å². The molecule has 2 aliphatic rings. The number of ether oxygens (including phenoxy) is 2. The minimum absolute atomic E-state index is 0.